The Kier molecular flexibility index (Phi) is 2.19. The van der Waals surface area contributed by atoms with Crippen molar-refractivity contribution in [2.24, 2.45) is 0 Å². The van der Waals surface area contributed by atoms with Crippen LogP contribution in [-0.4, -0.2) is 20.3 Å². The van der Waals surface area contributed by atoms with Crippen LogP contribution < -0.4 is 0 Å². The molecule has 78 valence electrons. The number of nitrogens with zero attached hydrogens (tertiary/aromatic N) is 1. The summed E-state index contributed by atoms with van der Waals surface area (Å²) in [5.74, 6) is -2.81. The number of hydrogen-bond donors (Lipinski definition) is 3. The number of aliphatic hydroxyl groups is 3. The molecule has 4 nitrogen and oxygen atoms in total. The summed E-state index contributed by atoms with van der Waals surface area (Å²) >= 11 is 0. The van der Waals surface area contributed by atoms with Crippen molar-refractivity contribution in [1.82, 2.24) is 4.98 Å². The Hall–Kier alpha value is -1.49. The number of rotatable bonds is 1. The van der Waals surface area contributed by atoms with Gasteiger partial charge in [0.2, 0.25) is 0 Å². The molecule has 0 atom stereocenters. The van der Waals surface area contributed by atoms with Gasteiger partial charge in [0, 0.05) is 16.6 Å². The molecule has 0 spiro atoms. The van der Waals surface area contributed by atoms with Crippen molar-refractivity contribution in [2.75, 3.05) is 0 Å². The van der Waals surface area contributed by atoms with Crippen LogP contribution in [0.1, 0.15) is 11.3 Å². The van der Waals surface area contributed by atoms with Gasteiger partial charge in [0.1, 0.15) is 0 Å². The van der Waals surface area contributed by atoms with Crippen LogP contribution in [0.3, 0.4) is 0 Å². The van der Waals surface area contributed by atoms with Gasteiger partial charge in [-0.1, -0.05) is 18.2 Å². The third kappa shape index (κ3) is 1.97. The first-order valence-electron chi connectivity index (χ1n) is 4.52. The minimum absolute atomic E-state index is 0.00750. The first-order chi connectivity index (χ1) is 6.97. The normalized spacial score (nSPS) is 12.0. The van der Waals surface area contributed by atoms with Gasteiger partial charge in [-0.2, -0.15) is 0 Å². The molecule has 0 radical (unpaired) electrons. The largest absolute Gasteiger partial charge is 0.340 e. The lowest BCUT2D eigenvalue weighted by molar-refractivity contribution is -0.323. The predicted molar refractivity (Wildman–Crippen MR) is 54.8 cm³/mol. The van der Waals surface area contributed by atoms with Crippen LogP contribution in [0.15, 0.2) is 30.3 Å². The van der Waals surface area contributed by atoms with Gasteiger partial charge in [0.25, 0.3) is 0 Å². The van der Waals surface area contributed by atoms with Crippen molar-refractivity contribution >= 4 is 10.9 Å². The predicted octanol–water partition coefficient (Wildman–Crippen LogP) is 0.630. The number of hydrogen-bond acceptors (Lipinski definition) is 4. The zero-order valence-electron chi connectivity index (χ0n) is 8.18. The molecule has 0 aliphatic carbocycles. The Morgan fingerprint density at radius 1 is 1.07 bits per heavy atom. The maximum absolute atomic E-state index is 9.00. The molecule has 1 aromatic heterocycles. The van der Waals surface area contributed by atoms with E-state index in [1.807, 2.05) is 19.1 Å². The second-order valence-electron chi connectivity index (χ2n) is 3.50. The van der Waals surface area contributed by atoms with Gasteiger partial charge >= 0.3 is 5.97 Å². The van der Waals surface area contributed by atoms with Crippen LogP contribution in [0, 0.1) is 6.92 Å². The second kappa shape index (κ2) is 3.27. The van der Waals surface area contributed by atoms with Gasteiger partial charge < -0.3 is 15.3 Å². The average Bonchev–Trinajstić information content (AvgIpc) is 2.15. The Morgan fingerprint density at radius 2 is 1.73 bits per heavy atom. The van der Waals surface area contributed by atoms with Crippen LogP contribution in [0.2, 0.25) is 0 Å². The van der Waals surface area contributed by atoms with E-state index in [1.54, 1.807) is 6.07 Å². The van der Waals surface area contributed by atoms with Gasteiger partial charge in [-0.05, 0) is 19.1 Å². The number of fused-ring (bicyclic) bond motifs is 1. The van der Waals surface area contributed by atoms with E-state index in [0.29, 0.717) is 5.52 Å². The van der Waals surface area contributed by atoms with Gasteiger partial charge in [-0.15, -0.1) is 0 Å². The summed E-state index contributed by atoms with van der Waals surface area (Å²) in [4.78, 5) is 4.22. The molecule has 15 heavy (non-hydrogen) atoms. The molecule has 0 bridgehead atoms. The van der Waals surface area contributed by atoms with Crippen molar-refractivity contribution in [3.63, 3.8) is 0 Å². The highest BCUT2D eigenvalue weighted by atomic mass is 16.7. The van der Waals surface area contributed by atoms with E-state index in [-0.39, 0.29) is 5.56 Å². The smallest absolute Gasteiger partial charge is 0.304 e. The summed E-state index contributed by atoms with van der Waals surface area (Å²) < 4.78 is 0. The highest BCUT2D eigenvalue weighted by Gasteiger charge is 2.21. The van der Waals surface area contributed by atoms with Crippen LogP contribution >= 0.6 is 0 Å². The van der Waals surface area contributed by atoms with E-state index in [0.717, 1.165) is 11.1 Å². The SMILES string of the molecule is Cc1ccc2ccc(C(O)(O)O)cc2n1. The third-order valence-corrected chi connectivity index (χ3v) is 2.22. The molecular weight excluding hydrogens is 194 g/mol. The van der Waals surface area contributed by atoms with Crippen LogP contribution in [-0.2, 0) is 5.97 Å². The Morgan fingerprint density at radius 3 is 2.40 bits per heavy atom. The summed E-state index contributed by atoms with van der Waals surface area (Å²) in [5, 5.41) is 27.9. The zero-order valence-corrected chi connectivity index (χ0v) is 8.18. The minimum atomic E-state index is -2.81. The first kappa shape index (κ1) is 10.0. The second-order valence-corrected chi connectivity index (χ2v) is 3.50. The van der Waals surface area contributed by atoms with Crippen molar-refractivity contribution in [3.8, 4) is 0 Å². The molecule has 0 aliphatic heterocycles. The van der Waals surface area contributed by atoms with Crippen molar-refractivity contribution in [2.45, 2.75) is 12.9 Å². The van der Waals surface area contributed by atoms with Gasteiger partial charge in [-0.3, -0.25) is 4.98 Å². The summed E-state index contributed by atoms with van der Waals surface area (Å²) in [6.07, 6.45) is 0. The highest BCUT2D eigenvalue weighted by molar-refractivity contribution is 5.79. The molecule has 2 aromatic rings. The molecule has 4 heteroatoms. The fraction of sp³-hybridized carbons (Fsp3) is 0.182. The number of aromatic nitrogens is 1. The molecule has 0 saturated carbocycles. The van der Waals surface area contributed by atoms with Crippen molar-refractivity contribution in [3.05, 3.63) is 41.6 Å². The summed E-state index contributed by atoms with van der Waals surface area (Å²) in [5.41, 5.74) is 1.46. The van der Waals surface area contributed by atoms with Gasteiger partial charge in [-0.25, -0.2) is 0 Å². The van der Waals surface area contributed by atoms with E-state index < -0.39 is 5.97 Å². The fourth-order valence-electron chi connectivity index (χ4n) is 1.43. The Balaban J connectivity index is 2.64. The number of aryl methyl sites for hydroxylation is 1. The minimum Gasteiger partial charge on any atom is -0.340 e. The fourth-order valence-corrected chi connectivity index (χ4v) is 1.43. The number of pyridine rings is 1. The lowest BCUT2D eigenvalue weighted by Crippen LogP contribution is -2.23. The average molecular weight is 205 g/mol. The van der Waals surface area contributed by atoms with Gasteiger partial charge in [0.15, 0.2) is 0 Å². The third-order valence-electron chi connectivity index (χ3n) is 2.22. The molecule has 0 fully saturated rings. The standard InChI is InChI=1S/C11H11NO3/c1-7-2-3-8-4-5-9(11(13,14)15)6-10(8)12-7/h2-6,13-15H,1H3. The van der Waals surface area contributed by atoms with Crippen LogP contribution in [0.5, 0.6) is 0 Å². The Bertz CT molecular complexity index is 503. The Labute approximate surface area is 86.4 Å². The van der Waals surface area contributed by atoms with E-state index in [1.165, 1.54) is 12.1 Å². The molecule has 1 heterocycles. The molecule has 1 aromatic carbocycles. The zero-order chi connectivity index (χ0) is 11.1. The lowest BCUT2D eigenvalue weighted by atomic mass is 10.1. The quantitative estimate of drug-likeness (QED) is 0.597. The van der Waals surface area contributed by atoms with E-state index >= 15 is 0 Å². The molecule has 2 rings (SSSR count). The topological polar surface area (TPSA) is 73.6 Å². The maximum atomic E-state index is 9.00. The summed E-state index contributed by atoms with van der Waals surface area (Å²) in [7, 11) is 0. The molecular formula is C11H11NO3. The van der Waals surface area contributed by atoms with E-state index in [9.17, 15) is 0 Å². The monoisotopic (exact) mass is 205 g/mol. The molecule has 0 unspecified atom stereocenters. The molecule has 0 aliphatic rings. The van der Waals surface area contributed by atoms with Crippen LogP contribution in [0.4, 0.5) is 0 Å². The van der Waals surface area contributed by atoms with Gasteiger partial charge in [0.05, 0.1) is 5.52 Å². The molecule has 0 amide bonds. The number of benzene rings is 1. The summed E-state index contributed by atoms with van der Waals surface area (Å²) in [6, 6.07) is 8.32. The lowest BCUT2D eigenvalue weighted by Gasteiger charge is -2.14. The summed E-state index contributed by atoms with van der Waals surface area (Å²) in [6.45, 7) is 1.84. The van der Waals surface area contributed by atoms with E-state index in [4.69, 9.17) is 15.3 Å². The maximum Gasteiger partial charge on any atom is 0.304 e. The van der Waals surface area contributed by atoms with Crippen molar-refractivity contribution < 1.29 is 15.3 Å². The molecule has 3 N–H and O–H groups in total. The van der Waals surface area contributed by atoms with Crippen molar-refractivity contribution in [1.29, 1.82) is 0 Å². The molecule has 0 saturated heterocycles. The highest BCUT2D eigenvalue weighted by Crippen LogP contribution is 2.20. The first-order valence-corrected chi connectivity index (χ1v) is 4.52. The van der Waals surface area contributed by atoms with Crippen LogP contribution in [0.25, 0.3) is 10.9 Å². The van der Waals surface area contributed by atoms with E-state index in [2.05, 4.69) is 4.98 Å².